The highest BCUT2D eigenvalue weighted by atomic mass is 32.2. The lowest BCUT2D eigenvalue weighted by atomic mass is 9.95. The standard InChI is InChI=1S/C16H25NO4S/c1-3-6-13(7-4-2)16(18)17-10-15(11-17)22(19,20)12-14-8-5-9-21-14/h5,8-9,13,15H,3-4,6-7,10-12H2,1-2H3. The normalized spacial score (nSPS) is 16.0. The number of furan rings is 1. The number of amides is 1. The highest BCUT2D eigenvalue weighted by Gasteiger charge is 2.41. The Morgan fingerprint density at radius 1 is 1.32 bits per heavy atom. The third-order valence-electron chi connectivity index (χ3n) is 4.21. The number of carbonyl (C=O) groups is 1. The predicted molar refractivity (Wildman–Crippen MR) is 85.0 cm³/mol. The molecule has 22 heavy (non-hydrogen) atoms. The molecule has 0 saturated carbocycles. The van der Waals surface area contributed by atoms with Crippen molar-refractivity contribution in [1.82, 2.24) is 4.90 Å². The van der Waals surface area contributed by atoms with Crippen LogP contribution >= 0.6 is 0 Å². The van der Waals surface area contributed by atoms with E-state index in [1.807, 2.05) is 0 Å². The Kier molecular flexibility index (Phi) is 5.67. The van der Waals surface area contributed by atoms with Gasteiger partial charge in [0.15, 0.2) is 9.84 Å². The molecular formula is C16H25NO4S. The van der Waals surface area contributed by atoms with Gasteiger partial charge in [-0.15, -0.1) is 0 Å². The second-order valence-corrected chi connectivity index (χ2v) is 8.31. The molecule has 1 aromatic heterocycles. The molecule has 0 aliphatic carbocycles. The maximum Gasteiger partial charge on any atom is 0.225 e. The molecule has 0 bridgehead atoms. The van der Waals surface area contributed by atoms with Crippen molar-refractivity contribution in [2.45, 2.75) is 50.5 Å². The van der Waals surface area contributed by atoms with Crippen molar-refractivity contribution in [2.24, 2.45) is 5.92 Å². The Morgan fingerprint density at radius 2 is 1.95 bits per heavy atom. The zero-order chi connectivity index (χ0) is 16.2. The third-order valence-corrected chi connectivity index (χ3v) is 6.22. The van der Waals surface area contributed by atoms with Crippen molar-refractivity contribution in [3.8, 4) is 0 Å². The number of nitrogens with zero attached hydrogens (tertiary/aromatic N) is 1. The van der Waals surface area contributed by atoms with Gasteiger partial charge in [-0.05, 0) is 25.0 Å². The fourth-order valence-electron chi connectivity index (χ4n) is 2.90. The van der Waals surface area contributed by atoms with Gasteiger partial charge in [0, 0.05) is 19.0 Å². The number of likely N-dealkylation sites (tertiary alicyclic amines) is 1. The molecule has 1 saturated heterocycles. The largest absolute Gasteiger partial charge is 0.468 e. The maximum absolute atomic E-state index is 12.4. The smallest absolute Gasteiger partial charge is 0.225 e. The third kappa shape index (κ3) is 3.91. The first kappa shape index (κ1) is 17.1. The van der Waals surface area contributed by atoms with E-state index in [9.17, 15) is 13.2 Å². The second kappa shape index (κ2) is 7.31. The van der Waals surface area contributed by atoms with Crippen molar-refractivity contribution in [2.75, 3.05) is 13.1 Å². The first-order valence-corrected chi connectivity index (χ1v) is 9.72. The van der Waals surface area contributed by atoms with Crippen molar-refractivity contribution in [3.63, 3.8) is 0 Å². The number of sulfone groups is 1. The molecule has 0 aromatic carbocycles. The average molecular weight is 327 g/mol. The van der Waals surface area contributed by atoms with Crippen molar-refractivity contribution < 1.29 is 17.6 Å². The summed E-state index contributed by atoms with van der Waals surface area (Å²) in [5.74, 6) is 0.538. The second-order valence-electron chi connectivity index (χ2n) is 6.03. The zero-order valence-electron chi connectivity index (χ0n) is 13.3. The first-order chi connectivity index (χ1) is 10.5. The summed E-state index contributed by atoms with van der Waals surface area (Å²) in [5.41, 5.74) is 0. The number of rotatable bonds is 8. The molecule has 6 heteroatoms. The molecule has 1 aliphatic rings. The maximum atomic E-state index is 12.4. The van der Waals surface area contributed by atoms with Crippen molar-refractivity contribution >= 4 is 15.7 Å². The minimum atomic E-state index is -3.25. The number of hydrogen-bond donors (Lipinski definition) is 0. The van der Waals surface area contributed by atoms with Gasteiger partial charge in [-0.25, -0.2) is 8.42 Å². The monoisotopic (exact) mass is 327 g/mol. The van der Waals surface area contributed by atoms with E-state index in [2.05, 4.69) is 13.8 Å². The number of hydrogen-bond acceptors (Lipinski definition) is 4. The summed E-state index contributed by atoms with van der Waals surface area (Å²) in [7, 11) is -3.25. The zero-order valence-corrected chi connectivity index (χ0v) is 14.1. The molecule has 1 fully saturated rings. The van der Waals surface area contributed by atoms with Gasteiger partial charge in [-0.3, -0.25) is 4.79 Å². The summed E-state index contributed by atoms with van der Waals surface area (Å²) >= 11 is 0. The van der Waals surface area contributed by atoms with Gasteiger partial charge in [0.1, 0.15) is 11.5 Å². The minimum absolute atomic E-state index is 0.0451. The van der Waals surface area contributed by atoms with Gasteiger partial charge in [0.05, 0.1) is 11.5 Å². The van der Waals surface area contributed by atoms with Crippen LogP contribution in [-0.4, -0.2) is 37.6 Å². The Balaban J connectivity index is 1.89. The Hall–Kier alpha value is -1.30. The van der Waals surface area contributed by atoms with E-state index in [1.165, 1.54) is 6.26 Å². The first-order valence-electron chi connectivity index (χ1n) is 8.00. The van der Waals surface area contributed by atoms with E-state index >= 15 is 0 Å². The Labute approximate surface area is 132 Å². The van der Waals surface area contributed by atoms with E-state index in [-0.39, 0.29) is 17.6 Å². The van der Waals surface area contributed by atoms with E-state index < -0.39 is 15.1 Å². The lowest BCUT2D eigenvalue weighted by Crippen LogP contribution is -2.58. The molecule has 1 aliphatic heterocycles. The molecule has 2 rings (SSSR count). The molecule has 1 aromatic rings. The Morgan fingerprint density at radius 3 is 2.45 bits per heavy atom. The van der Waals surface area contributed by atoms with Crippen LogP contribution in [0.15, 0.2) is 22.8 Å². The van der Waals surface area contributed by atoms with Crippen LogP contribution < -0.4 is 0 Å². The molecule has 124 valence electrons. The van der Waals surface area contributed by atoms with Crippen LogP contribution in [0.5, 0.6) is 0 Å². The Bertz CT molecular complexity index is 567. The minimum Gasteiger partial charge on any atom is -0.468 e. The lowest BCUT2D eigenvalue weighted by Gasteiger charge is -2.40. The summed E-state index contributed by atoms with van der Waals surface area (Å²) in [6.45, 7) is 4.79. The topological polar surface area (TPSA) is 67.6 Å². The van der Waals surface area contributed by atoms with Crippen LogP contribution in [-0.2, 0) is 20.4 Å². The van der Waals surface area contributed by atoms with E-state index in [4.69, 9.17) is 4.42 Å². The summed E-state index contributed by atoms with van der Waals surface area (Å²) in [6, 6.07) is 3.35. The van der Waals surface area contributed by atoms with Crippen molar-refractivity contribution in [1.29, 1.82) is 0 Å². The molecule has 0 atom stereocenters. The molecule has 0 N–H and O–H groups in total. The van der Waals surface area contributed by atoms with Crippen LogP contribution in [0.3, 0.4) is 0 Å². The fourth-order valence-corrected chi connectivity index (χ4v) is 4.51. The van der Waals surface area contributed by atoms with Crippen LogP contribution in [0.1, 0.15) is 45.3 Å². The summed E-state index contributed by atoms with van der Waals surface area (Å²) in [6.07, 6.45) is 5.19. The van der Waals surface area contributed by atoms with Gasteiger partial charge in [0.25, 0.3) is 0 Å². The SMILES string of the molecule is CCCC(CCC)C(=O)N1CC(S(=O)(=O)Cc2ccco2)C1. The fraction of sp³-hybridized carbons (Fsp3) is 0.688. The average Bonchev–Trinajstić information content (AvgIpc) is 2.88. The lowest BCUT2D eigenvalue weighted by molar-refractivity contribution is -0.139. The van der Waals surface area contributed by atoms with Gasteiger partial charge >= 0.3 is 0 Å². The van der Waals surface area contributed by atoms with Crippen LogP contribution in [0.4, 0.5) is 0 Å². The highest BCUT2D eigenvalue weighted by Crippen LogP contribution is 2.25. The molecule has 0 unspecified atom stereocenters. The van der Waals surface area contributed by atoms with Crippen LogP contribution in [0.2, 0.25) is 0 Å². The van der Waals surface area contributed by atoms with E-state index in [1.54, 1.807) is 17.0 Å². The number of carbonyl (C=O) groups excluding carboxylic acids is 1. The molecular weight excluding hydrogens is 302 g/mol. The molecule has 2 heterocycles. The van der Waals surface area contributed by atoms with Gasteiger partial charge in [-0.1, -0.05) is 26.7 Å². The molecule has 0 radical (unpaired) electrons. The van der Waals surface area contributed by atoms with E-state index in [0.29, 0.717) is 18.8 Å². The van der Waals surface area contributed by atoms with E-state index in [0.717, 1.165) is 25.7 Å². The van der Waals surface area contributed by atoms with Crippen LogP contribution in [0, 0.1) is 5.92 Å². The molecule has 1 amide bonds. The predicted octanol–water partition coefficient (Wildman–Crippen LogP) is 2.62. The van der Waals surface area contributed by atoms with Gasteiger partial charge in [0.2, 0.25) is 5.91 Å². The van der Waals surface area contributed by atoms with Crippen molar-refractivity contribution in [3.05, 3.63) is 24.2 Å². The molecule has 5 nitrogen and oxygen atoms in total. The van der Waals surface area contributed by atoms with Gasteiger partial charge in [-0.2, -0.15) is 0 Å². The van der Waals surface area contributed by atoms with Gasteiger partial charge < -0.3 is 9.32 Å². The summed E-state index contributed by atoms with van der Waals surface area (Å²) < 4.78 is 29.6. The summed E-state index contributed by atoms with van der Waals surface area (Å²) in [4.78, 5) is 14.1. The molecule has 0 spiro atoms. The summed E-state index contributed by atoms with van der Waals surface area (Å²) in [5, 5.41) is -0.453. The highest BCUT2D eigenvalue weighted by molar-refractivity contribution is 7.91. The van der Waals surface area contributed by atoms with Crippen LogP contribution in [0.25, 0.3) is 0 Å². The quantitative estimate of drug-likeness (QED) is 0.736.